The fraction of sp³-hybridized carbons (Fsp3) is 0.824. The second-order valence-corrected chi connectivity index (χ2v) is 5.88. The predicted molar refractivity (Wildman–Crippen MR) is 86.9 cm³/mol. The zero-order valence-corrected chi connectivity index (χ0v) is 13.7. The molecule has 0 radical (unpaired) electrons. The van der Waals surface area contributed by atoms with E-state index in [1.165, 1.54) is 63.5 Å². The SMILES string of the molecule is CCCCCCCCCC(NCCC)c1cn(C)cn1. The monoisotopic (exact) mass is 279 g/mol. The van der Waals surface area contributed by atoms with E-state index in [1.54, 1.807) is 0 Å². The third kappa shape index (κ3) is 7.09. The molecule has 0 aliphatic rings. The number of unbranched alkanes of at least 4 members (excludes halogenated alkanes) is 6. The molecule has 0 spiro atoms. The molecule has 1 unspecified atom stereocenters. The van der Waals surface area contributed by atoms with E-state index in [0.717, 1.165) is 6.54 Å². The van der Waals surface area contributed by atoms with E-state index in [1.807, 2.05) is 17.9 Å². The van der Waals surface area contributed by atoms with Gasteiger partial charge in [-0.3, -0.25) is 0 Å². The first-order valence-corrected chi connectivity index (χ1v) is 8.49. The lowest BCUT2D eigenvalue weighted by molar-refractivity contribution is 0.458. The van der Waals surface area contributed by atoms with Gasteiger partial charge in [0.05, 0.1) is 18.1 Å². The van der Waals surface area contributed by atoms with Crippen molar-refractivity contribution in [2.45, 2.75) is 77.7 Å². The summed E-state index contributed by atoms with van der Waals surface area (Å²) in [6.07, 6.45) is 16.1. The Morgan fingerprint density at radius 1 is 1.05 bits per heavy atom. The maximum absolute atomic E-state index is 4.51. The maximum atomic E-state index is 4.51. The van der Waals surface area contributed by atoms with E-state index in [-0.39, 0.29) is 0 Å². The Balaban J connectivity index is 2.23. The maximum Gasteiger partial charge on any atom is 0.0947 e. The fourth-order valence-electron chi connectivity index (χ4n) is 2.59. The lowest BCUT2D eigenvalue weighted by Gasteiger charge is -2.16. The van der Waals surface area contributed by atoms with Gasteiger partial charge in [-0.15, -0.1) is 0 Å². The first-order valence-electron chi connectivity index (χ1n) is 8.49. The van der Waals surface area contributed by atoms with E-state index in [4.69, 9.17) is 0 Å². The fourth-order valence-corrected chi connectivity index (χ4v) is 2.59. The molecular weight excluding hydrogens is 246 g/mol. The second kappa shape index (κ2) is 10.9. The van der Waals surface area contributed by atoms with Crippen LogP contribution in [0.15, 0.2) is 12.5 Å². The molecule has 1 aromatic rings. The molecule has 0 aliphatic heterocycles. The standard InChI is InChI=1S/C17H33N3/c1-4-6-7-8-9-10-11-12-16(18-13-5-2)17-14-20(3)15-19-17/h14-16,18H,4-13H2,1-3H3. The number of rotatable bonds is 12. The summed E-state index contributed by atoms with van der Waals surface area (Å²) in [5, 5.41) is 3.63. The second-order valence-electron chi connectivity index (χ2n) is 5.88. The molecule has 1 aromatic heterocycles. The van der Waals surface area contributed by atoms with Gasteiger partial charge in [0.2, 0.25) is 0 Å². The van der Waals surface area contributed by atoms with Crippen LogP contribution in [0.1, 0.15) is 83.4 Å². The van der Waals surface area contributed by atoms with Crippen LogP contribution < -0.4 is 5.32 Å². The number of imidazole rings is 1. The molecule has 0 bridgehead atoms. The van der Waals surface area contributed by atoms with Crippen molar-refractivity contribution >= 4 is 0 Å². The molecule has 0 saturated heterocycles. The molecule has 1 N–H and O–H groups in total. The highest BCUT2D eigenvalue weighted by Crippen LogP contribution is 2.19. The van der Waals surface area contributed by atoms with Gasteiger partial charge in [0.15, 0.2) is 0 Å². The van der Waals surface area contributed by atoms with Crippen LogP contribution in [0, 0.1) is 0 Å². The number of aromatic nitrogens is 2. The average molecular weight is 279 g/mol. The van der Waals surface area contributed by atoms with Crippen LogP contribution >= 0.6 is 0 Å². The van der Waals surface area contributed by atoms with Crippen molar-refractivity contribution < 1.29 is 0 Å². The van der Waals surface area contributed by atoms with Gasteiger partial charge >= 0.3 is 0 Å². The minimum absolute atomic E-state index is 0.437. The molecule has 116 valence electrons. The summed E-state index contributed by atoms with van der Waals surface area (Å²) in [6, 6.07) is 0.437. The molecular formula is C17H33N3. The average Bonchev–Trinajstić information content (AvgIpc) is 2.87. The minimum atomic E-state index is 0.437. The summed E-state index contributed by atoms with van der Waals surface area (Å²) in [5.74, 6) is 0. The van der Waals surface area contributed by atoms with E-state index < -0.39 is 0 Å². The molecule has 0 fully saturated rings. The summed E-state index contributed by atoms with van der Waals surface area (Å²) in [4.78, 5) is 4.51. The van der Waals surface area contributed by atoms with Crippen molar-refractivity contribution in [3.8, 4) is 0 Å². The first-order chi connectivity index (χ1) is 9.77. The van der Waals surface area contributed by atoms with Gasteiger partial charge in [-0.1, -0.05) is 58.8 Å². The molecule has 0 amide bonds. The smallest absolute Gasteiger partial charge is 0.0947 e. The van der Waals surface area contributed by atoms with Gasteiger partial charge < -0.3 is 9.88 Å². The Labute approximate surface area is 125 Å². The molecule has 3 nitrogen and oxygen atoms in total. The van der Waals surface area contributed by atoms with Crippen LogP contribution in [0.3, 0.4) is 0 Å². The number of nitrogens with one attached hydrogen (secondary N) is 1. The van der Waals surface area contributed by atoms with Gasteiger partial charge in [0, 0.05) is 13.2 Å². The van der Waals surface area contributed by atoms with Gasteiger partial charge in [0.25, 0.3) is 0 Å². The van der Waals surface area contributed by atoms with E-state index in [2.05, 4.69) is 30.3 Å². The third-order valence-electron chi connectivity index (χ3n) is 3.82. The van der Waals surface area contributed by atoms with E-state index >= 15 is 0 Å². The quantitative estimate of drug-likeness (QED) is 0.567. The molecule has 0 aromatic carbocycles. The van der Waals surface area contributed by atoms with Crippen LogP contribution in [-0.2, 0) is 7.05 Å². The minimum Gasteiger partial charge on any atom is -0.340 e. The van der Waals surface area contributed by atoms with E-state index in [9.17, 15) is 0 Å². The van der Waals surface area contributed by atoms with Crippen LogP contribution in [0.2, 0.25) is 0 Å². The highest BCUT2D eigenvalue weighted by molar-refractivity contribution is 5.03. The zero-order chi connectivity index (χ0) is 14.6. The molecule has 1 rings (SSSR count). The Morgan fingerprint density at radius 2 is 1.75 bits per heavy atom. The van der Waals surface area contributed by atoms with Crippen molar-refractivity contribution in [1.82, 2.24) is 14.9 Å². The normalized spacial score (nSPS) is 12.8. The summed E-state index contributed by atoms with van der Waals surface area (Å²) in [7, 11) is 2.04. The van der Waals surface area contributed by atoms with Crippen LogP contribution in [0.25, 0.3) is 0 Å². The number of hydrogen-bond donors (Lipinski definition) is 1. The molecule has 1 heterocycles. The summed E-state index contributed by atoms with van der Waals surface area (Å²) < 4.78 is 2.04. The van der Waals surface area contributed by atoms with Crippen molar-refractivity contribution in [1.29, 1.82) is 0 Å². The van der Waals surface area contributed by atoms with E-state index in [0.29, 0.717) is 6.04 Å². The van der Waals surface area contributed by atoms with Crippen LogP contribution in [0.5, 0.6) is 0 Å². The topological polar surface area (TPSA) is 29.9 Å². The number of aryl methyl sites for hydroxylation is 1. The molecule has 0 saturated carbocycles. The predicted octanol–water partition coefficient (Wildman–Crippen LogP) is 4.60. The van der Waals surface area contributed by atoms with Crippen molar-refractivity contribution in [2.24, 2.45) is 7.05 Å². The Morgan fingerprint density at radius 3 is 2.35 bits per heavy atom. The van der Waals surface area contributed by atoms with Crippen molar-refractivity contribution in [3.63, 3.8) is 0 Å². The van der Waals surface area contributed by atoms with Crippen molar-refractivity contribution in [2.75, 3.05) is 6.54 Å². The summed E-state index contributed by atoms with van der Waals surface area (Å²) in [6.45, 7) is 5.57. The van der Waals surface area contributed by atoms with Crippen molar-refractivity contribution in [3.05, 3.63) is 18.2 Å². The molecule has 20 heavy (non-hydrogen) atoms. The molecule has 3 heteroatoms. The highest BCUT2D eigenvalue weighted by atomic mass is 15.0. The lowest BCUT2D eigenvalue weighted by atomic mass is 10.0. The first kappa shape index (κ1) is 17.2. The van der Waals surface area contributed by atoms with Gasteiger partial charge in [0.1, 0.15) is 0 Å². The van der Waals surface area contributed by atoms with Gasteiger partial charge in [-0.2, -0.15) is 0 Å². The highest BCUT2D eigenvalue weighted by Gasteiger charge is 2.12. The Bertz CT molecular complexity index is 333. The Hall–Kier alpha value is -0.830. The molecule has 0 aliphatic carbocycles. The third-order valence-corrected chi connectivity index (χ3v) is 3.82. The van der Waals surface area contributed by atoms with Crippen LogP contribution in [0.4, 0.5) is 0 Å². The number of nitrogens with zero attached hydrogens (tertiary/aromatic N) is 2. The molecule has 1 atom stereocenters. The largest absolute Gasteiger partial charge is 0.340 e. The summed E-state index contributed by atoms with van der Waals surface area (Å²) in [5.41, 5.74) is 1.20. The van der Waals surface area contributed by atoms with Gasteiger partial charge in [-0.05, 0) is 19.4 Å². The van der Waals surface area contributed by atoms with Gasteiger partial charge in [-0.25, -0.2) is 4.98 Å². The number of hydrogen-bond acceptors (Lipinski definition) is 2. The summed E-state index contributed by atoms with van der Waals surface area (Å²) >= 11 is 0. The van der Waals surface area contributed by atoms with Crippen LogP contribution in [-0.4, -0.2) is 16.1 Å². The lowest BCUT2D eigenvalue weighted by Crippen LogP contribution is -2.22. The Kier molecular flexibility index (Phi) is 9.38. The zero-order valence-electron chi connectivity index (χ0n) is 13.7.